The zero-order valence-corrected chi connectivity index (χ0v) is 18.7. The number of carbonyl (C=O) groups excluding carboxylic acids is 1. The Kier molecular flexibility index (Phi) is 6.08. The maximum atomic E-state index is 13.2. The highest BCUT2D eigenvalue weighted by atomic mass is 32.2. The fourth-order valence-electron chi connectivity index (χ4n) is 3.43. The number of methoxy groups -OCH3 is 1. The third-order valence-corrected chi connectivity index (χ3v) is 8.33. The number of rotatable bonds is 6. The molecule has 1 atom stereocenters. The van der Waals surface area contributed by atoms with E-state index in [1.165, 1.54) is 4.31 Å². The van der Waals surface area contributed by atoms with Crippen LogP contribution in [0.25, 0.3) is 11.4 Å². The number of anilines is 1. The maximum Gasteiger partial charge on any atom is 0.252 e. The molecule has 0 bridgehead atoms. The number of hydrogen-bond donors (Lipinski definition) is 1. The smallest absolute Gasteiger partial charge is 0.252 e. The highest BCUT2D eigenvalue weighted by Gasteiger charge is 2.34. The van der Waals surface area contributed by atoms with E-state index in [2.05, 4.69) is 15.5 Å². The van der Waals surface area contributed by atoms with Gasteiger partial charge >= 0.3 is 0 Å². The molecule has 9 nitrogen and oxygen atoms in total. The third kappa shape index (κ3) is 4.63. The summed E-state index contributed by atoms with van der Waals surface area (Å²) in [5.41, 5.74) is 1.20. The first-order valence-corrected chi connectivity index (χ1v) is 12.0. The Morgan fingerprint density at radius 3 is 2.94 bits per heavy atom. The number of piperidine rings is 1. The summed E-state index contributed by atoms with van der Waals surface area (Å²) < 4.78 is 38.1. The summed E-state index contributed by atoms with van der Waals surface area (Å²) in [7, 11) is -2.17. The number of benzene rings is 1. The van der Waals surface area contributed by atoms with Crippen LogP contribution < -0.4 is 10.1 Å². The number of nitrogens with zero attached hydrogens (tertiary/aromatic N) is 3. The predicted molar refractivity (Wildman–Crippen MR) is 115 cm³/mol. The summed E-state index contributed by atoms with van der Waals surface area (Å²) in [6, 6.07) is 8.61. The minimum absolute atomic E-state index is 0.132. The van der Waals surface area contributed by atoms with Gasteiger partial charge in [-0.1, -0.05) is 11.2 Å². The van der Waals surface area contributed by atoms with Crippen molar-refractivity contribution in [3.63, 3.8) is 0 Å². The second kappa shape index (κ2) is 8.77. The summed E-state index contributed by atoms with van der Waals surface area (Å²) >= 11 is 1.10. The number of carbonyl (C=O) groups is 1. The molecule has 164 valence electrons. The number of ether oxygens (including phenoxy) is 1. The Morgan fingerprint density at radius 1 is 1.35 bits per heavy atom. The molecule has 1 fully saturated rings. The van der Waals surface area contributed by atoms with Crippen molar-refractivity contribution in [1.82, 2.24) is 14.4 Å². The van der Waals surface area contributed by atoms with Crippen molar-refractivity contribution in [2.75, 3.05) is 25.5 Å². The average Bonchev–Trinajstić information content (AvgIpc) is 3.43. The maximum absolute atomic E-state index is 13.2. The van der Waals surface area contributed by atoms with Crippen LogP contribution in [0.3, 0.4) is 0 Å². The lowest BCUT2D eigenvalue weighted by atomic mass is 9.98. The lowest BCUT2D eigenvalue weighted by Gasteiger charge is -2.30. The second-order valence-corrected chi connectivity index (χ2v) is 10.3. The molecule has 0 saturated carbocycles. The van der Waals surface area contributed by atoms with E-state index in [1.54, 1.807) is 49.7 Å². The molecule has 1 aliphatic rings. The third-order valence-electron chi connectivity index (χ3n) is 5.05. The number of hydrogen-bond acceptors (Lipinski definition) is 8. The Labute approximate surface area is 184 Å². The fraction of sp³-hybridized carbons (Fsp3) is 0.350. The molecule has 0 aliphatic carbocycles. The first-order chi connectivity index (χ1) is 14.9. The van der Waals surface area contributed by atoms with Gasteiger partial charge in [-0.05, 0) is 31.0 Å². The second-order valence-electron chi connectivity index (χ2n) is 7.21. The van der Waals surface area contributed by atoms with Crippen LogP contribution in [0.5, 0.6) is 5.75 Å². The van der Waals surface area contributed by atoms with E-state index in [4.69, 9.17) is 9.26 Å². The molecular formula is C20H22N4O5S2. The highest BCUT2D eigenvalue weighted by Crippen LogP contribution is 2.31. The van der Waals surface area contributed by atoms with E-state index >= 15 is 0 Å². The minimum Gasteiger partial charge on any atom is -0.497 e. The van der Waals surface area contributed by atoms with Gasteiger partial charge < -0.3 is 14.6 Å². The molecule has 4 rings (SSSR count). The number of aryl methyl sites for hydroxylation is 1. The Balaban J connectivity index is 1.47. The van der Waals surface area contributed by atoms with Crippen LogP contribution in [0.2, 0.25) is 0 Å². The summed E-state index contributed by atoms with van der Waals surface area (Å²) in [5.74, 6) is 0.753. The summed E-state index contributed by atoms with van der Waals surface area (Å²) in [6.07, 6.45) is 1.23. The molecule has 2 aromatic heterocycles. The van der Waals surface area contributed by atoms with Crippen LogP contribution in [-0.2, 0) is 14.8 Å². The van der Waals surface area contributed by atoms with Crippen molar-refractivity contribution in [3.05, 3.63) is 41.6 Å². The predicted octanol–water partition coefficient (Wildman–Crippen LogP) is 3.15. The van der Waals surface area contributed by atoms with Gasteiger partial charge in [0.15, 0.2) is 0 Å². The van der Waals surface area contributed by atoms with Crippen LogP contribution in [0.1, 0.15) is 18.7 Å². The van der Waals surface area contributed by atoms with Gasteiger partial charge in [-0.15, -0.1) is 11.3 Å². The SMILES string of the molecule is COc1cccc(NC(=O)[C@H]2CCCN(S(=O)(=O)c3cc(-c4noc(C)n4)cs3)C2)c1. The number of sulfonamides is 1. The standard InChI is InChI=1S/C20H22N4O5S2/c1-13-21-19(23-29-13)15-9-18(30-12-15)31(26,27)24-8-4-5-14(11-24)20(25)22-16-6-3-7-17(10-16)28-2/h3,6-7,9-10,12,14H,4-5,8,11H2,1-2H3,(H,22,25)/t14-/m0/s1. The first kappa shape index (κ1) is 21.5. The van der Waals surface area contributed by atoms with E-state index in [0.29, 0.717) is 48.1 Å². The van der Waals surface area contributed by atoms with Gasteiger partial charge in [0.2, 0.25) is 17.6 Å². The molecule has 11 heteroatoms. The monoisotopic (exact) mass is 462 g/mol. The number of amides is 1. The summed E-state index contributed by atoms with van der Waals surface area (Å²) in [5, 5.41) is 8.38. The van der Waals surface area contributed by atoms with Crippen LogP contribution in [-0.4, -0.2) is 49.0 Å². The Hall–Kier alpha value is -2.76. The molecule has 0 radical (unpaired) electrons. The van der Waals surface area contributed by atoms with Crippen LogP contribution >= 0.6 is 11.3 Å². The van der Waals surface area contributed by atoms with E-state index in [-0.39, 0.29) is 16.7 Å². The molecule has 0 unspecified atom stereocenters. The molecule has 31 heavy (non-hydrogen) atoms. The van der Waals surface area contributed by atoms with E-state index in [1.807, 2.05) is 0 Å². The molecule has 1 N–H and O–H groups in total. The Morgan fingerprint density at radius 2 is 2.19 bits per heavy atom. The van der Waals surface area contributed by atoms with Gasteiger partial charge in [0, 0.05) is 42.7 Å². The summed E-state index contributed by atoms with van der Waals surface area (Å²) in [4.78, 5) is 16.9. The highest BCUT2D eigenvalue weighted by molar-refractivity contribution is 7.91. The van der Waals surface area contributed by atoms with Crippen molar-refractivity contribution in [2.24, 2.45) is 5.92 Å². The fourth-order valence-corrected chi connectivity index (χ4v) is 6.27. The van der Waals surface area contributed by atoms with Crippen LogP contribution in [0, 0.1) is 12.8 Å². The molecule has 1 aromatic carbocycles. The van der Waals surface area contributed by atoms with Crippen molar-refractivity contribution in [3.8, 4) is 17.1 Å². The number of nitrogens with one attached hydrogen (secondary N) is 1. The number of aromatic nitrogens is 2. The average molecular weight is 463 g/mol. The molecule has 1 saturated heterocycles. The van der Waals surface area contributed by atoms with Gasteiger partial charge in [-0.25, -0.2) is 8.42 Å². The summed E-state index contributed by atoms with van der Waals surface area (Å²) in [6.45, 7) is 2.18. The van der Waals surface area contributed by atoms with Crippen molar-refractivity contribution < 1.29 is 22.5 Å². The molecule has 1 amide bonds. The molecule has 3 aromatic rings. The zero-order chi connectivity index (χ0) is 22.0. The molecule has 3 heterocycles. The Bertz CT molecular complexity index is 1190. The zero-order valence-electron chi connectivity index (χ0n) is 17.1. The minimum atomic E-state index is -3.73. The van der Waals surface area contributed by atoms with E-state index in [9.17, 15) is 13.2 Å². The normalized spacial score (nSPS) is 17.4. The van der Waals surface area contributed by atoms with Gasteiger partial charge in [0.25, 0.3) is 10.0 Å². The van der Waals surface area contributed by atoms with Crippen molar-refractivity contribution in [2.45, 2.75) is 24.0 Å². The number of thiophene rings is 1. The lowest BCUT2D eigenvalue weighted by molar-refractivity contribution is -0.120. The molecular weight excluding hydrogens is 440 g/mol. The van der Waals surface area contributed by atoms with Gasteiger partial charge in [0.1, 0.15) is 9.96 Å². The lowest BCUT2D eigenvalue weighted by Crippen LogP contribution is -2.43. The largest absolute Gasteiger partial charge is 0.497 e. The van der Waals surface area contributed by atoms with E-state index in [0.717, 1.165) is 11.3 Å². The quantitative estimate of drug-likeness (QED) is 0.598. The van der Waals surface area contributed by atoms with Crippen LogP contribution in [0.4, 0.5) is 5.69 Å². The van der Waals surface area contributed by atoms with Gasteiger partial charge in [-0.3, -0.25) is 4.79 Å². The van der Waals surface area contributed by atoms with Crippen LogP contribution in [0.15, 0.2) is 44.4 Å². The van der Waals surface area contributed by atoms with Gasteiger partial charge in [-0.2, -0.15) is 9.29 Å². The topological polar surface area (TPSA) is 115 Å². The van der Waals surface area contributed by atoms with E-state index < -0.39 is 15.9 Å². The first-order valence-electron chi connectivity index (χ1n) is 9.71. The van der Waals surface area contributed by atoms with Crippen molar-refractivity contribution >= 4 is 33.0 Å². The molecule has 0 spiro atoms. The van der Waals surface area contributed by atoms with Gasteiger partial charge in [0.05, 0.1) is 13.0 Å². The van der Waals surface area contributed by atoms with Crippen molar-refractivity contribution in [1.29, 1.82) is 0 Å². The molecule has 1 aliphatic heterocycles.